The van der Waals surface area contributed by atoms with Crippen LogP contribution in [-0.2, 0) is 5.41 Å². The summed E-state index contributed by atoms with van der Waals surface area (Å²) < 4.78 is 0. The van der Waals surface area contributed by atoms with Crippen molar-refractivity contribution in [2.75, 3.05) is 0 Å². The smallest absolute Gasteiger partial charge is 0.0310 e. The van der Waals surface area contributed by atoms with Crippen LogP contribution in [0, 0.1) is 0 Å². The quantitative estimate of drug-likeness (QED) is 0.464. The van der Waals surface area contributed by atoms with E-state index in [1.807, 2.05) is 0 Å². The van der Waals surface area contributed by atoms with Crippen molar-refractivity contribution in [1.82, 2.24) is 5.43 Å². The Morgan fingerprint density at radius 1 is 1.32 bits per heavy atom. The first-order chi connectivity index (χ1) is 9.19. The van der Waals surface area contributed by atoms with Gasteiger partial charge in [-0.05, 0) is 38.2 Å². The molecular formula is C17H26N2. The van der Waals surface area contributed by atoms with Crippen LogP contribution in [0.2, 0.25) is 0 Å². The Bertz CT molecular complexity index is 405. The van der Waals surface area contributed by atoms with Crippen molar-refractivity contribution in [3.63, 3.8) is 0 Å². The SMILES string of the molecule is C=C(C)CCC(NN)C1(c2ccccc2)CCCC1. The van der Waals surface area contributed by atoms with E-state index in [0.717, 1.165) is 12.8 Å². The Labute approximate surface area is 117 Å². The highest BCUT2D eigenvalue weighted by Crippen LogP contribution is 2.44. The molecule has 0 spiro atoms. The van der Waals surface area contributed by atoms with Gasteiger partial charge in [0.2, 0.25) is 0 Å². The van der Waals surface area contributed by atoms with Gasteiger partial charge in [0.25, 0.3) is 0 Å². The van der Waals surface area contributed by atoms with Crippen molar-refractivity contribution in [3.8, 4) is 0 Å². The van der Waals surface area contributed by atoms with Gasteiger partial charge in [0.05, 0.1) is 0 Å². The zero-order chi connectivity index (χ0) is 13.7. The molecule has 1 saturated carbocycles. The van der Waals surface area contributed by atoms with Gasteiger partial charge in [0.15, 0.2) is 0 Å². The minimum atomic E-state index is 0.214. The molecule has 0 bridgehead atoms. The standard InChI is InChI=1S/C17H26N2/c1-14(2)10-11-16(19-18)17(12-6-7-13-17)15-8-4-3-5-9-15/h3-5,8-9,16,19H,1,6-7,10-13,18H2,2H3. The highest BCUT2D eigenvalue weighted by molar-refractivity contribution is 5.29. The first kappa shape index (κ1) is 14.3. The third-order valence-corrected chi connectivity index (χ3v) is 4.57. The number of allylic oxidation sites excluding steroid dienone is 1. The number of hydrogen-bond donors (Lipinski definition) is 2. The van der Waals surface area contributed by atoms with Crippen LogP contribution < -0.4 is 11.3 Å². The van der Waals surface area contributed by atoms with Crippen molar-refractivity contribution in [3.05, 3.63) is 48.0 Å². The Morgan fingerprint density at radius 2 is 1.95 bits per heavy atom. The lowest BCUT2D eigenvalue weighted by atomic mass is 9.71. The summed E-state index contributed by atoms with van der Waals surface area (Å²) in [5.74, 6) is 5.88. The van der Waals surface area contributed by atoms with Crippen LogP contribution >= 0.6 is 0 Å². The molecule has 0 saturated heterocycles. The molecule has 19 heavy (non-hydrogen) atoms. The molecule has 0 aliphatic heterocycles. The van der Waals surface area contributed by atoms with Crippen LogP contribution in [-0.4, -0.2) is 6.04 Å². The Morgan fingerprint density at radius 3 is 2.47 bits per heavy atom. The molecule has 1 atom stereocenters. The molecule has 2 rings (SSSR count). The fourth-order valence-electron chi connectivity index (χ4n) is 3.52. The van der Waals surface area contributed by atoms with Crippen molar-refractivity contribution >= 4 is 0 Å². The summed E-state index contributed by atoms with van der Waals surface area (Å²) in [5.41, 5.74) is 5.99. The van der Waals surface area contributed by atoms with Gasteiger partial charge in [0, 0.05) is 11.5 Å². The summed E-state index contributed by atoms with van der Waals surface area (Å²) in [6.45, 7) is 6.11. The predicted octanol–water partition coefficient (Wildman–Crippen LogP) is 3.69. The van der Waals surface area contributed by atoms with Crippen LogP contribution in [0.4, 0.5) is 0 Å². The number of hydrogen-bond acceptors (Lipinski definition) is 2. The fourth-order valence-corrected chi connectivity index (χ4v) is 3.52. The summed E-state index contributed by atoms with van der Waals surface area (Å²) in [6, 6.07) is 11.2. The van der Waals surface area contributed by atoms with Gasteiger partial charge in [-0.2, -0.15) is 0 Å². The largest absolute Gasteiger partial charge is 0.271 e. The van der Waals surface area contributed by atoms with Gasteiger partial charge in [-0.15, -0.1) is 6.58 Å². The highest BCUT2D eigenvalue weighted by Gasteiger charge is 2.41. The van der Waals surface area contributed by atoms with Gasteiger partial charge in [-0.25, -0.2) is 0 Å². The first-order valence-electron chi connectivity index (χ1n) is 7.35. The van der Waals surface area contributed by atoms with Gasteiger partial charge < -0.3 is 0 Å². The molecule has 0 aromatic heterocycles. The zero-order valence-electron chi connectivity index (χ0n) is 12.0. The molecule has 0 amide bonds. The van der Waals surface area contributed by atoms with Crippen molar-refractivity contribution in [2.45, 2.75) is 56.9 Å². The molecule has 2 heteroatoms. The molecule has 0 radical (unpaired) electrons. The van der Waals surface area contributed by atoms with Crippen molar-refractivity contribution < 1.29 is 0 Å². The monoisotopic (exact) mass is 258 g/mol. The minimum absolute atomic E-state index is 0.214. The van der Waals surface area contributed by atoms with E-state index in [4.69, 9.17) is 5.84 Å². The lowest BCUT2D eigenvalue weighted by Gasteiger charge is -2.38. The molecule has 1 aliphatic rings. The maximum atomic E-state index is 5.88. The number of rotatable bonds is 6. The van der Waals surface area contributed by atoms with Crippen LogP contribution in [0.5, 0.6) is 0 Å². The normalized spacial score (nSPS) is 19.3. The van der Waals surface area contributed by atoms with Crippen molar-refractivity contribution in [2.24, 2.45) is 5.84 Å². The molecule has 1 aromatic rings. The van der Waals surface area contributed by atoms with E-state index in [2.05, 4.69) is 49.3 Å². The number of benzene rings is 1. The number of nitrogens with one attached hydrogen (secondary N) is 1. The van der Waals surface area contributed by atoms with E-state index >= 15 is 0 Å². The second-order valence-corrected chi connectivity index (χ2v) is 5.94. The Hall–Kier alpha value is -1.12. The molecule has 2 nitrogen and oxygen atoms in total. The van der Waals surface area contributed by atoms with E-state index < -0.39 is 0 Å². The summed E-state index contributed by atoms with van der Waals surface area (Å²) in [6.07, 6.45) is 7.20. The molecule has 1 fully saturated rings. The Balaban J connectivity index is 2.25. The predicted molar refractivity (Wildman–Crippen MR) is 81.7 cm³/mol. The summed E-state index contributed by atoms with van der Waals surface area (Å²) in [4.78, 5) is 0. The number of hydrazine groups is 1. The van der Waals surface area contributed by atoms with Crippen LogP contribution in [0.25, 0.3) is 0 Å². The summed E-state index contributed by atoms with van der Waals surface area (Å²) >= 11 is 0. The second kappa shape index (κ2) is 6.36. The van der Waals surface area contributed by atoms with E-state index in [1.165, 1.54) is 36.8 Å². The summed E-state index contributed by atoms with van der Waals surface area (Å²) in [7, 11) is 0. The summed E-state index contributed by atoms with van der Waals surface area (Å²) in [5, 5.41) is 0. The molecule has 104 valence electrons. The van der Waals surface area contributed by atoms with E-state index in [0.29, 0.717) is 6.04 Å². The molecule has 1 aromatic carbocycles. The van der Waals surface area contributed by atoms with Gasteiger partial charge in [-0.1, -0.05) is 48.7 Å². The van der Waals surface area contributed by atoms with Gasteiger partial charge in [-0.3, -0.25) is 11.3 Å². The van der Waals surface area contributed by atoms with E-state index in [-0.39, 0.29) is 5.41 Å². The van der Waals surface area contributed by atoms with Gasteiger partial charge >= 0.3 is 0 Å². The lowest BCUT2D eigenvalue weighted by molar-refractivity contribution is 0.283. The fraction of sp³-hybridized carbons (Fsp3) is 0.529. The van der Waals surface area contributed by atoms with Crippen LogP contribution in [0.3, 0.4) is 0 Å². The molecular weight excluding hydrogens is 232 g/mol. The third-order valence-electron chi connectivity index (χ3n) is 4.57. The van der Waals surface area contributed by atoms with E-state index in [1.54, 1.807) is 0 Å². The first-order valence-corrected chi connectivity index (χ1v) is 7.35. The molecule has 1 aliphatic carbocycles. The Kier molecular flexibility index (Phi) is 4.78. The lowest BCUT2D eigenvalue weighted by Crippen LogP contribution is -2.50. The molecule has 3 N–H and O–H groups in total. The minimum Gasteiger partial charge on any atom is -0.271 e. The van der Waals surface area contributed by atoms with Crippen LogP contribution in [0.1, 0.15) is 51.0 Å². The molecule has 0 heterocycles. The van der Waals surface area contributed by atoms with E-state index in [9.17, 15) is 0 Å². The van der Waals surface area contributed by atoms with Gasteiger partial charge in [0.1, 0.15) is 0 Å². The maximum absolute atomic E-state index is 5.88. The topological polar surface area (TPSA) is 38.0 Å². The highest BCUT2D eigenvalue weighted by atomic mass is 15.2. The maximum Gasteiger partial charge on any atom is 0.0310 e. The van der Waals surface area contributed by atoms with Crippen LogP contribution in [0.15, 0.2) is 42.5 Å². The number of nitrogens with two attached hydrogens (primary N) is 1. The second-order valence-electron chi connectivity index (χ2n) is 5.94. The zero-order valence-corrected chi connectivity index (χ0v) is 12.0. The average Bonchev–Trinajstić information content (AvgIpc) is 2.91. The average molecular weight is 258 g/mol. The third kappa shape index (κ3) is 3.07. The molecule has 1 unspecified atom stereocenters. The van der Waals surface area contributed by atoms with Crippen molar-refractivity contribution in [1.29, 1.82) is 0 Å².